The smallest absolute Gasteiger partial charge is 0.163 e. The van der Waals surface area contributed by atoms with E-state index in [4.69, 9.17) is 4.74 Å². The number of methoxy groups -OCH3 is 1. The average molecular weight is 535 g/mol. The molecule has 5 rings (SSSR count). The second-order valence-corrected chi connectivity index (χ2v) is 9.79. The number of hydrogen-bond acceptors (Lipinski definition) is 6. The van der Waals surface area contributed by atoms with E-state index >= 15 is 0 Å². The number of allylic oxidation sites excluding steroid dienone is 3. The van der Waals surface area contributed by atoms with Crippen LogP contribution in [0.25, 0.3) is 22.8 Å². The summed E-state index contributed by atoms with van der Waals surface area (Å²) in [6.07, 6.45) is 7.18. The molecule has 202 valence electrons. The van der Waals surface area contributed by atoms with Gasteiger partial charge in [-0.1, -0.05) is 48.6 Å². The average Bonchev–Trinajstić information content (AvgIpc) is 2.95. The monoisotopic (exact) mass is 534 g/mol. The van der Waals surface area contributed by atoms with Gasteiger partial charge in [0.25, 0.3) is 0 Å². The van der Waals surface area contributed by atoms with E-state index < -0.39 is 0 Å². The molecule has 6 heteroatoms. The molecule has 4 N–H and O–H groups in total. The molecule has 0 fully saturated rings. The molecule has 0 unspecified atom stereocenters. The predicted octanol–water partition coefficient (Wildman–Crippen LogP) is 6.58. The molecule has 4 aromatic carbocycles. The number of aromatic hydroxyl groups is 4. The molecule has 0 bridgehead atoms. The minimum absolute atomic E-state index is 0.0416. The predicted molar refractivity (Wildman–Crippen MR) is 156 cm³/mol. The Kier molecular flexibility index (Phi) is 7.60. The van der Waals surface area contributed by atoms with Crippen LogP contribution in [0.1, 0.15) is 34.2 Å². The van der Waals surface area contributed by atoms with Crippen LogP contribution < -0.4 is 4.74 Å². The van der Waals surface area contributed by atoms with E-state index in [1.165, 1.54) is 0 Å². The topological polar surface area (TPSA) is 107 Å². The van der Waals surface area contributed by atoms with Gasteiger partial charge in [0.15, 0.2) is 5.78 Å². The number of hydrogen-bond donors (Lipinski definition) is 4. The van der Waals surface area contributed by atoms with Gasteiger partial charge >= 0.3 is 0 Å². The maximum atomic E-state index is 13.8. The Morgan fingerprint density at radius 1 is 0.850 bits per heavy atom. The molecule has 0 radical (unpaired) electrons. The van der Waals surface area contributed by atoms with Gasteiger partial charge in [-0.2, -0.15) is 0 Å². The van der Waals surface area contributed by atoms with Crippen molar-refractivity contribution in [3.05, 3.63) is 113 Å². The van der Waals surface area contributed by atoms with Gasteiger partial charge in [-0.05, 0) is 83.5 Å². The zero-order valence-electron chi connectivity index (χ0n) is 22.1. The summed E-state index contributed by atoms with van der Waals surface area (Å²) in [5.74, 6) is 0.838. The van der Waals surface area contributed by atoms with E-state index in [2.05, 4.69) is 0 Å². The minimum Gasteiger partial charge on any atom is -0.508 e. The Labute approximate surface area is 232 Å². The number of phenols is 4. The van der Waals surface area contributed by atoms with Crippen molar-refractivity contribution in [3.8, 4) is 39.9 Å². The molecule has 0 atom stereocenters. The molecule has 0 amide bonds. The van der Waals surface area contributed by atoms with Gasteiger partial charge in [-0.25, -0.2) is 0 Å². The fourth-order valence-corrected chi connectivity index (χ4v) is 5.21. The summed E-state index contributed by atoms with van der Waals surface area (Å²) in [6, 6.07) is 20.2. The number of rotatable bonds is 8. The molecule has 0 heterocycles. The van der Waals surface area contributed by atoms with Crippen LogP contribution in [0.5, 0.6) is 28.7 Å². The Morgan fingerprint density at radius 3 is 2.23 bits per heavy atom. The highest BCUT2D eigenvalue weighted by atomic mass is 16.5. The molecule has 40 heavy (non-hydrogen) atoms. The number of phenolic OH excluding ortho intramolecular Hbond substituents is 4. The highest BCUT2D eigenvalue weighted by Crippen LogP contribution is 2.47. The highest BCUT2D eigenvalue weighted by molar-refractivity contribution is 6.22. The van der Waals surface area contributed by atoms with Crippen LogP contribution in [-0.2, 0) is 24.1 Å². The van der Waals surface area contributed by atoms with Gasteiger partial charge in [-0.15, -0.1) is 0 Å². The molecule has 0 spiro atoms. The number of carbonyl (C=O) groups is 1. The molecule has 4 aromatic rings. The summed E-state index contributed by atoms with van der Waals surface area (Å²) < 4.78 is 5.66. The maximum absolute atomic E-state index is 13.8. The fraction of sp³-hybridized carbons (Fsp3) is 0.147. The number of Topliss-reactive ketones (excluding diaryl/α,β-unsaturated/α-hetero) is 1. The van der Waals surface area contributed by atoms with Crippen molar-refractivity contribution in [3.63, 3.8) is 0 Å². The minimum atomic E-state index is -0.136. The first-order valence-electron chi connectivity index (χ1n) is 13.1. The third-order valence-corrected chi connectivity index (χ3v) is 7.19. The van der Waals surface area contributed by atoms with Crippen LogP contribution in [-0.4, -0.2) is 33.3 Å². The Hall–Kier alpha value is -4.97. The van der Waals surface area contributed by atoms with Crippen LogP contribution in [0, 0.1) is 0 Å². The van der Waals surface area contributed by atoms with Gasteiger partial charge in [0.2, 0.25) is 0 Å². The number of ether oxygens (including phenoxy) is 1. The van der Waals surface area contributed by atoms with E-state index in [0.29, 0.717) is 36.1 Å². The highest BCUT2D eigenvalue weighted by Gasteiger charge is 2.28. The molecule has 1 aliphatic carbocycles. The molecular formula is C34H30O6. The standard InChI is InChI=1S/C34H30O6/c1-40-32-20-31(39)33(29-16-10-23-19-26(37)15-17-27(23)34(29)32)28(4-2-3-21-5-11-24(35)12-6-21)30(38)18-9-22-7-13-25(36)14-8-22/h2-8,11-15,17,19-20,35-37,39H,9-10,16,18H2,1H3/b3-2+,28-4-. The molecular weight excluding hydrogens is 504 g/mol. The third kappa shape index (κ3) is 5.57. The number of aryl methyl sites for hydroxylation is 2. The zero-order chi connectivity index (χ0) is 28.2. The van der Waals surface area contributed by atoms with E-state index in [0.717, 1.165) is 33.4 Å². The summed E-state index contributed by atoms with van der Waals surface area (Å²) in [5, 5.41) is 40.5. The molecule has 0 aromatic heterocycles. The lowest BCUT2D eigenvalue weighted by molar-refractivity contribution is -0.113. The Morgan fingerprint density at radius 2 is 1.52 bits per heavy atom. The van der Waals surface area contributed by atoms with Crippen LogP contribution in [0.4, 0.5) is 0 Å². The van der Waals surface area contributed by atoms with E-state index in [1.807, 2.05) is 12.1 Å². The van der Waals surface area contributed by atoms with Crippen LogP contribution >= 0.6 is 0 Å². The lowest BCUT2D eigenvalue weighted by Crippen LogP contribution is -2.12. The quantitative estimate of drug-likeness (QED) is 0.150. The normalized spacial score (nSPS) is 12.7. The zero-order valence-corrected chi connectivity index (χ0v) is 22.1. The van der Waals surface area contributed by atoms with Gasteiger partial charge in [0.1, 0.15) is 28.7 Å². The van der Waals surface area contributed by atoms with Crippen molar-refractivity contribution < 1.29 is 30.0 Å². The summed E-state index contributed by atoms with van der Waals surface area (Å²) in [7, 11) is 1.55. The van der Waals surface area contributed by atoms with Gasteiger partial charge in [-0.3, -0.25) is 4.79 Å². The fourth-order valence-electron chi connectivity index (χ4n) is 5.21. The van der Waals surface area contributed by atoms with Crippen LogP contribution in [0.3, 0.4) is 0 Å². The Bertz CT molecular complexity index is 1610. The van der Waals surface area contributed by atoms with Crippen molar-refractivity contribution >= 4 is 17.4 Å². The first-order valence-corrected chi connectivity index (χ1v) is 13.1. The van der Waals surface area contributed by atoms with E-state index in [-0.39, 0.29) is 35.2 Å². The number of ketones is 1. The first kappa shape index (κ1) is 26.6. The van der Waals surface area contributed by atoms with Crippen molar-refractivity contribution in [1.29, 1.82) is 0 Å². The lowest BCUT2D eigenvalue weighted by atomic mass is 9.79. The van der Waals surface area contributed by atoms with Gasteiger partial charge < -0.3 is 25.2 Å². The van der Waals surface area contributed by atoms with Crippen molar-refractivity contribution in [1.82, 2.24) is 0 Å². The maximum Gasteiger partial charge on any atom is 0.163 e. The molecule has 0 saturated heterocycles. The first-order chi connectivity index (χ1) is 19.3. The second kappa shape index (κ2) is 11.4. The SMILES string of the molecule is COc1cc(O)c(/C(=C\C=C\c2ccc(O)cc2)C(=O)CCc2ccc(O)cc2)c2c1-c1ccc(O)cc1CC2. The molecule has 0 aliphatic heterocycles. The summed E-state index contributed by atoms with van der Waals surface area (Å²) in [5.41, 5.74) is 6.10. The van der Waals surface area contributed by atoms with E-state index in [1.54, 1.807) is 86.0 Å². The van der Waals surface area contributed by atoms with Crippen molar-refractivity contribution in [2.24, 2.45) is 0 Å². The number of fused-ring (bicyclic) bond motifs is 3. The van der Waals surface area contributed by atoms with Crippen LogP contribution in [0.15, 0.2) is 84.9 Å². The molecule has 6 nitrogen and oxygen atoms in total. The van der Waals surface area contributed by atoms with E-state index in [9.17, 15) is 25.2 Å². The molecule has 1 aliphatic rings. The third-order valence-electron chi connectivity index (χ3n) is 7.19. The summed E-state index contributed by atoms with van der Waals surface area (Å²) in [6.45, 7) is 0. The molecule has 0 saturated carbocycles. The van der Waals surface area contributed by atoms with Crippen LogP contribution in [0.2, 0.25) is 0 Å². The lowest BCUT2D eigenvalue weighted by Gasteiger charge is -2.26. The van der Waals surface area contributed by atoms with Gasteiger partial charge in [0, 0.05) is 29.2 Å². The number of benzene rings is 4. The summed E-state index contributed by atoms with van der Waals surface area (Å²) in [4.78, 5) is 13.8. The Balaban J connectivity index is 1.60. The largest absolute Gasteiger partial charge is 0.508 e. The van der Waals surface area contributed by atoms with Gasteiger partial charge in [0.05, 0.1) is 7.11 Å². The number of carbonyl (C=O) groups excluding carboxylic acids is 1. The van der Waals surface area contributed by atoms with Crippen molar-refractivity contribution in [2.75, 3.05) is 7.11 Å². The summed E-state index contributed by atoms with van der Waals surface area (Å²) >= 11 is 0. The van der Waals surface area contributed by atoms with Crippen molar-refractivity contribution in [2.45, 2.75) is 25.7 Å². The second-order valence-electron chi connectivity index (χ2n) is 9.79.